The van der Waals surface area contributed by atoms with Crippen molar-refractivity contribution in [2.24, 2.45) is 0 Å². The van der Waals surface area contributed by atoms with Crippen LogP contribution in [0.2, 0.25) is 0 Å². The number of hydrogen-bond donors (Lipinski definition) is 3. The Bertz CT molecular complexity index is 549. The van der Waals surface area contributed by atoms with Crippen LogP contribution in [-0.2, 0) is 24.2 Å². The van der Waals surface area contributed by atoms with E-state index in [0.717, 1.165) is 35.6 Å². The molecule has 0 unspecified atom stereocenters. The highest BCUT2D eigenvalue weighted by atomic mass is 32.1. The molecule has 0 aliphatic carbocycles. The molecule has 94 valence electrons. The summed E-state index contributed by atoms with van der Waals surface area (Å²) in [4.78, 5) is 12.7. The van der Waals surface area contributed by atoms with Crippen molar-refractivity contribution < 1.29 is 4.79 Å². The zero-order valence-corrected chi connectivity index (χ0v) is 10.4. The van der Waals surface area contributed by atoms with E-state index in [1.807, 2.05) is 0 Å². The fraction of sp³-hybridized carbons (Fsp3) is 0.400. The maximum absolute atomic E-state index is 11.8. The fourth-order valence-electron chi connectivity index (χ4n) is 1.93. The van der Waals surface area contributed by atoms with Gasteiger partial charge in [0.15, 0.2) is 5.82 Å². The lowest BCUT2D eigenvalue weighted by Gasteiger charge is -2.12. The first-order chi connectivity index (χ1) is 8.83. The number of rotatable bonds is 3. The molecule has 0 saturated carbocycles. The van der Waals surface area contributed by atoms with Crippen LogP contribution in [0.3, 0.4) is 0 Å². The third-order valence-electron chi connectivity index (χ3n) is 2.81. The van der Waals surface area contributed by atoms with Gasteiger partial charge in [-0.2, -0.15) is 5.10 Å². The SMILES string of the molecule is O=C(Cc1cnns1)Nc1n[nH]c2c1CNCC2. The van der Waals surface area contributed by atoms with E-state index in [1.165, 1.54) is 11.5 Å². The maximum Gasteiger partial charge on any atom is 0.230 e. The van der Waals surface area contributed by atoms with E-state index in [4.69, 9.17) is 0 Å². The summed E-state index contributed by atoms with van der Waals surface area (Å²) >= 11 is 1.23. The van der Waals surface area contributed by atoms with E-state index < -0.39 is 0 Å². The minimum absolute atomic E-state index is 0.0964. The van der Waals surface area contributed by atoms with Gasteiger partial charge in [-0.3, -0.25) is 9.89 Å². The lowest BCUT2D eigenvalue weighted by Crippen LogP contribution is -2.24. The largest absolute Gasteiger partial charge is 0.312 e. The number of carbonyl (C=O) groups excluding carboxylic acids is 1. The minimum atomic E-state index is -0.0964. The number of H-pyrrole nitrogens is 1. The molecule has 1 aliphatic rings. The molecule has 0 atom stereocenters. The molecule has 1 aliphatic heterocycles. The van der Waals surface area contributed by atoms with Crippen LogP contribution in [0.25, 0.3) is 0 Å². The number of nitrogens with one attached hydrogen (secondary N) is 3. The predicted octanol–water partition coefficient (Wildman–Crippen LogP) is 0.0881. The van der Waals surface area contributed by atoms with Gasteiger partial charge in [0, 0.05) is 30.8 Å². The number of hydrogen-bond acceptors (Lipinski definition) is 6. The van der Waals surface area contributed by atoms with Gasteiger partial charge in [-0.05, 0) is 11.5 Å². The topological polar surface area (TPSA) is 95.6 Å². The van der Waals surface area contributed by atoms with E-state index in [0.29, 0.717) is 5.82 Å². The summed E-state index contributed by atoms with van der Waals surface area (Å²) in [7, 11) is 0. The molecule has 2 aromatic heterocycles. The highest BCUT2D eigenvalue weighted by Crippen LogP contribution is 2.19. The van der Waals surface area contributed by atoms with Crippen LogP contribution in [-0.4, -0.2) is 32.2 Å². The van der Waals surface area contributed by atoms with Gasteiger partial charge in [-0.15, -0.1) is 5.10 Å². The van der Waals surface area contributed by atoms with Gasteiger partial charge < -0.3 is 10.6 Å². The third kappa shape index (κ3) is 2.24. The first-order valence-electron chi connectivity index (χ1n) is 5.66. The molecule has 0 aromatic carbocycles. The second-order valence-electron chi connectivity index (χ2n) is 4.06. The molecule has 0 spiro atoms. The van der Waals surface area contributed by atoms with Gasteiger partial charge in [0.1, 0.15) is 0 Å². The Labute approximate surface area is 107 Å². The Kier molecular flexibility index (Phi) is 3.03. The molecular weight excluding hydrogens is 252 g/mol. The third-order valence-corrected chi connectivity index (χ3v) is 3.47. The van der Waals surface area contributed by atoms with E-state index in [1.54, 1.807) is 6.20 Å². The highest BCUT2D eigenvalue weighted by Gasteiger charge is 2.18. The van der Waals surface area contributed by atoms with Crippen molar-refractivity contribution in [2.75, 3.05) is 11.9 Å². The Morgan fingerprint density at radius 2 is 2.50 bits per heavy atom. The molecular formula is C10H12N6OS. The summed E-state index contributed by atoms with van der Waals surface area (Å²) in [5.41, 5.74) is 2.15. The summed E-state index contributed by atoms with van der Waals surface area (Å²) in [5, 5.41) is 16.9. The van der Waals surface area contributed by atoms with E-state index in [9.17, 15) is 4.79 Å². The lowest BCUT2D eigenvalue weighted by atomic mass is 10.1. The quantitative estimate of drug-likeness (QED) is 0.730. The number of aromatic amines is 1. The van der Waals surface area contributed by atoms with Crippen LogP contribution in [0.15, 0.2) is 6.20 Å². The second-order valence-corrected chi connectivity index (χ2v) is 4.94. The first kappa shape index (κ1) is 11.3. The summed E-state index contributed by atoms with van der Waals surface area (Å²) < 4.78 is 3.72. The van der Waals surface area contributed by atoms with Crippen molar-refractivity contribution in [1.29, 1.82) is 0 Å². The number of nitrogens with zero attached hydrogens (tertiary/aromatic N) is 3. The van der Waals surface area contributed by atoms with Crippen LogP contribution in [0.1, 0.15) is 16.1 Å². The monoisotopic (exact) mass is 264 g/mol. The van der Waals surface area contributed by atoms with Gasteiger partial charge in [-0.1, -0.05) is 4.49 Å². The van der Waals surface area contributed by atoms with Crippen molar-refractivity contribution in [3.8, 4) is 0 Å². The normalized spacial score (nSPS) is 14.2. The van der Waals surface area contributed by atoms with Crippen LogP contribution in [0, 0.1) is 0 Å². The number of carbonyl (C=O) groups is 1. The van der Waals surface area contributed by atoms with Crippen molar-refractivity contribution in [2.45, 2.75) is 19.4 Å². The molecule has 3 rings (SSSR count). The molecule has 7 nitrogen and oxygen atoms in total. The van der Waals surface area contributed by atoms with Crippen molar-refractivity contribution >= 4 is 23.3 Å². The molecule has 0 fully saturated rings. The molecule has 18 heavy (non-hydrogen) atoms. The zero-order chi connectivity index (χ0) is 12.4. The molecule has 3 N–H and O–H groups in total. The molecule has 0 saturated heterocycles. The zero-order valence-electron chi connectivity index (χ0n) is 9.56. The molecule has 3 heterocycles. The standard InChI is InChI=1S/C10H12N6OS/c17-9(3-6-4-12-16-18-6)13-10-7-5-11-2-1-8(7)14-15-10/h4,11H,1-3,5H2,(H2,13,14,15,17). The number of fused-ring (bicyclic) bond motifs is 1. The fourth-order valence-corrected chi connectivity index (χ4v) is 2.42. The Balaban J connectivity index is 1.69. The van der Waals surface area contributed by atoms with Gasteiger partial charge >= 0.3 is 0 Å². The number of anilines is 1. The minimum Gasteiger partial charge on any atom is -0.312 e. The highest BCUT2D eigenvalue weighted by molar-refractivity contribution is 7.05. The summed E-state index contributed by atoms with van der Waals surface area (Å²) in [6.45, 7) is 1.68. The van der Waals surface area contributed by atoms with Crippen molar-refractivity contribution in [3.05, 3.63) is 22.3 Å². The lowest BCUT2D eigenvalue weighted by molar-refractivity contribution is -0.115. The summed E-state index contributed by atoms with van der Waals surface area (Å²) in [6.07, 6.45) is 2.80. The second kappa shape index (κ2) is 4.83. The predicted molar refractivity (Wildman–Crippen MR) is 66.2 cm³/mol. The number of aromatic nitrogens is 4. The van der Waals surface area contributed by atoms with Crippen molar-refractivity contribution in [1.82, 2.24) is 25.1 Å². The van der Waals surface area contributed by atoms with Gasteiger partial charge in [0.2, 0.25) is 5.91 Å². The first-order valence-corrected chi connectivity index (χ1v) is 6.43. The number of amides is 1. The maximum atomic E-state index is 11.8. The van der Waals surface area contributed by atoms with E-state index in [2.05, 4.69) is 30.4 Å². The van der Waals surface area contributed by atoms with Crippen LogP contribution in [0.4, 0.5) is 5.82 Å². The Hall–Kier alpha value is -1.80. The van der Waals surface area contributed by atoms with Crippen LogP contribution < -0.4 is 10.6 Å². The van der Waals surface area contributed by atoms with E-state index in [-0.39, 0.29) is 12.3 Å². The average molecular weight is 264 g/mol. The smallest absolute Gasteiger partial charge is 0.230 e. The van der Waals surface area contributed by atoms with Crippen molar-refractivity contribution in [3.63, 3.8) is 0 Å². The van der Waals surface area contributed by atoms with Gasteiger partial charge in [0.05, 0.1) is 17.5 Å². The van der Waals surface area contributed by atoms with Gasteiger partial charge in [-0.25, -0.2) is 0 Å². The molecule has 1 amide bonds. The average Bonchev–Trinajstić information content (AvgIpc) is 3.00. The van der Waals surface area contributed by atoms with Crippen LogP contribution >= 0.6 is 11.5 Å². The Morgan fingerprint density at radius 3 is 3.33 bits per heavy atom. The molecule has 0 radical (unpaired) electrons. The van der Waals surface area contributed by atoms with Gasteiger partial charge in [0.25, 0.3) is 0 Å². The molecule has 2 aromatic rings. The molecule has 0 bridgehead atoms. The summed E-state index contributed by atoms with van der Waals surface area (Å²) in [6, 6.07) is 0. The van der Waals surface area contributed by atoms with Crippen LogP contribution in [0.5, 0.6) is 0 Å². The van der Waals surface area contributed by atoms with E-state index >= 15 is 0 Å². The molecule has 8 heteroatoms. The Morgan fingerprint density at radius 1 is 1.56 bits per heavy atom. The summed E-state index contributed by atoms with van der Waals surface area (Å²) in [5.74, 6) is 0.528.